The van der Waals surface area contributed by atoms with E-state index in [4.69, 9.17) is 4.74 Å². The molecule has 0 saturated carbocycles. The molecule has 6 heteroatoms. The van der Waals surface area contributed by atoms with E-state index in [1.165, 1.54) is 6.42 Å². The Morgan fingerprint density at radius 1 is 0.947 bits per heavy atom. The summed E-state index contributed by atoms with van der Waals surface area (Å²) < 4.78 is 5.20. The lowest BCUT2D eigenvalue weighted by Gasteiger charge is -2.28. The molecule has 2 saturated heterocycles. The molecule has 0 aromatic rings. The molecule has 0 aliphatic carbocycles. The topological polar surface area (TPSA) is 61.9 Å². The molecule has 108 valence electrons. The highest BCUT2D eigenvalue weighted by molar-refractivity contribution is 5.78. The predicted octanol–water partition coefficient (Wildman–Crippen LogP) is 0.431. The highest BCUT2D eigenvalue weighted by Crippen LogP contribution is 2.08. The Hall–Kier alpha value is -1.30. The van der Waals surface area contributed by atoms with Crippen LogP contribution in [0.4, 0.5) is 4.79 Å². The van der Waals surface area contributed by atoms with Gasteiger partial charge in [0.25, 0.3) is 0 Å². The van der Waals surface area contributed by atoms with Crippen LogP contribution >= 0.6 is 0 Å². The summed E-state index contributed by atoms with van der Waals surface area (Å²) in [6.45, 7) is 4.66. The van der Waals surface area contributed by atoms with Gasteiger partial charge in [0, 0.05) is 39.1 Å². The van der Waals surface area contributed by atoms with Crippen LogP contribution in [-0.2, 0) is 9.53 Å². The van der Waals surface area contributed by atoms with E-state index in [2.05, 4.69) is 5.32 Å². The summed E-state index contributed by atoms with van der Waals surface area (Å²) in [6.07, 6.45) is 3.75. The molecular formula is C13H23N3O3. The van der Waals surface area contributed by atoms with Crippen LogP contribution in [0.25, 0.3) is 0 Å². The zero-order chi connectivity index (χ0) is 13.5. The molecular weight excluding hydrogens is 246 g/mol. The number of nitrogens with zero attached hydrogens (tertiary/aromatic N) is 2. The average molecular weight is 269 g/mol. The first-order chi connectivity index (χ1) is 9.27. The molecule has 0 unspecified atom stereocenters. The van der Waals surface area contributed by atoms with Crippen LogP contribution in [0.1, 0.15) is 25.7 Å². The standard InChI is InChI=1S/C13H23N3O3/c17-12(15-8-10-19-11-9-15)4-5-14-13(18)16-6-2-1-3-7-16/h1-11H2,(H,14,18). The van der Waals surface area contributed by atoms with Crippen molar-refractivity contribution in [3.8, 4) is 0 Å². The van der Waals surface area contributed by atoms with Gasteiger partial charge in [-0.3, -0.25) is 4.79 Å². The number of amides is 3. The summed E-state index contributed by atoms with van der Waals surface area (Å²) in [7, 11) is 0. The van der Waals surface area contributed by atoms with Crippen LogP contribution in [0.2, 0.25) is 0 Å². The number of urea groups is 1. The molecule has 0 spiro atoms. The van der Waals surface area contributed by atoms with Crippen LogP contribution in [0, 0.1) is 0 Å². The van der Waals surface area contributed by atoms with Crippen LogP contribution in [-0.4, -0.2) is 67.7 Å². The molecule has 2 aliphatic rings. The summed E-state index contributed by atoms with van der Waals surface area (Å²) in [4.78, 5) is 27.3. The van der Waals surface area contributed by atoms with Gasteiger partial charge in [0.05, 0.1) is 13.2 Å². The molecule has 1 N–H and O–H groups in total. The minimum Gasteiger partial charge on any atom is -0.378 e. The molecule has 0 radical (unpaired) electrons. The number of carbonyl (C=O) groups excluding carboxylic acids is 2. The lowest BCUT2D eigenvalue weighted by atomic mass is 10.1. The number of ether oxygens (including phenoxy) is 1. The van der Waals surface area contributed by atoms with E-state index >= 15 is 0 Å². The molecule has 2 fully saturated rings. The first-order valence-corrected chi connectivity index (χ1v) is 7.15. The Morgan fingerprint density at radius 3 is 2.32 bits per heavy atom. The highest BCUT2D eigenvalue weighted by Gasteiger charge is 2.18. The van der Waals surface area contributed by atoms with Crippen LogP contribution < -0.4 is 5.32 Å². The van der Waals surface area contributed by atoms with E-state index in [1.807, 2.05) is 4.90 Å². The van der Waals surface area contributed by atoms with Crippen LogP contribution in [0.3, 0.4) is 0 Å². The molecule has 0 atom stereocenters. The van der Waals surface area contributed by atoms with E-state index in [1.54, 1.807) is 4.90 Å². The first kappa shape index (κ1) is 14.1. The fourth-order valence-electron chi connectivity index (χ4n) is 2.46. The van der Waals surface area contributed by atoms with E-state index in [-0.39, 0.29) is 11.9 Å². The first-order valence-electron chi connectivity index (χ1n) is 7.15. The van der Waals surface area contributed by atoms with Crippen molar-refractivity contribution in [2.24, 2.45) is 0 Å². The second-order valence-electron chi connectivity index (χ2n) is 5.02. The van der Waals surface area contributed by atoms with Gasteiger partial charge < -0.3 is 19.9 Å². The molecule has 2 rings (SSSR count). The lowest BCUT2D eigenvalue weighted by molar-refractivity contribution is -0.135. The van der Waals surface area contributed by atoms with Crippen molar-refractivity contribution in [2.45, 2.75) is 25.7 Å². The molecule has 0 aromatic carbocycles. The van der Waals surface area contributed by atoms with Crippen molar-refractivity contribution in [1.29, 1.82) is 0 Å². The van der Waals surface area contributed by atoms with Gasteiger partial charge in [0.2, 0.25) is 5.91 Å². The van der Waals surface area contributed by atoms with Crippen molar-refractivity contribution in [2.75, 3.05) is 45.9 Å². The maximum absolute atomic E-state index is 11.9. The number of nitrogens with one attached hydrogen (secondary N) is 1. The normalized spacial score (nSPS) is 20.2. The van der Waals surface area contributed by atoms with E-state index in [9.17, 15) is 9.59 Å². The van der Waals surface area contributed by atoms with Gasteiger partial charge in [-0.05, 0) is 19.3 Å². The number of hydrogen-bond acceptors (Lipinski definition) is 3. The van der Waals surface area contributed by atoms with Gasteiger partial charge in [-0.15, -0.1) is 0 Å². The monoisotopic (exact) mass is 269 g/mol. The second kappa shape index (κ2) is 7.33. The lowest BCUT2D eigenvalue weighted by Crippen LogP contribution is -2.45. The van der Waals surface area contributed by atoms with Crippen LogP contribution in [0.5, 0.6) is 0 Å². The fraction of sp³-hybridized carbons (Fsp3) is 0.846. The van der Waals surface area contributed by atoms with Crippen molar-refractivity contribution in [3.05, 3.63) is 0 Å². The molecule has 6 nitrogen and oxygen atoms in total. The molecule has 0 bridgehead atoms. The van der Waals surface area contributed by atoms with Gasteiger partial charge >= 0.3 is 6.03 Å². The molecule has 2 heterocycles. The Morgan fingerprint density at radius 2 is 1.63 bits per heavy atom. The summed E-state index contributed by atoms with van der Waals surface area (Å²) in [5, 5.41) is 2.83. The van der Waals surface area contributed by atoms with E-state index in [0.717, 1.165) is 25.9 Å². The van der Waals surface area contributed by atoms with Gasteiger partial charge in [-0.25, -0.2) is 4.79 Å². The minimum absolute atomic E-state index is 0.0329. The molecule has 3 amide bonds. The number of morpholine rings is 1. The Balaban J connectivity index is 1.62. The van der Waals surface area contributed by atoms with Crippen molar-refractivity contribution >= 4 is 11.9 Å². The van der Waals surface area contributed by atoms with Crippen molar-refractivity contribution in [1.82, 2.24) is 15.1 Å². The quantitative estimate of drug-likeness (QED) is 0.808. The second-order valence-corrected chi connectivity index (χ2v) is 5.02. The number of hydrogen-bond donors (Lipinski definition) is 1. The zero-order valence-corrected chi connectivity index (χ0v) is 11.4. The summed E-state index contributed by atoms with van der Waals surface area (Å²) in [6, 6.07) is -0.0329. The number of rotatable bonds is 3. The van der Waals surface area contributed by atoms with Gasteiger partial charge in [0.15, 0.2) is 0 Å². The largest absolute Gasteiger partial charge is 0.378 e. The average Bonchev–Trinajstić information content (AvgIpc) is 2.49. The number of likely N-dealkylation sites (tertiary alicyclic amines) is 1. The van der Waals surface area contributed by atoms with Gasteiger partial charge in [-0.2, -0.15) is 0 Å². The predicted molar refractivity (Wildman–Crippen MR) is 70.8 cm³/mol. The molecule has 0 aromatic heterocycles. The Bertz CT molecular complexity index is 280. The fourth-order valence-corrected chi connectivity index (χ4v) is 2.46. The summed E-state index contributed by atoms with van der Waals surface area (Å²) in [5.41, 5.74) is 0. The van der Waals surface area contributed by atoms with Crippen LogP contribution in [0.15, 0.2) is 0 Å². The maximum atomic E-state index is 11.9. The summed E-state index contributed by atoms with van der Waals surface area (Å²) in [5.74, 6) is 0.0993. The third-order valence-electron chi connectivity index (χ3n) is 3.62. The molecule has 2 aliphatic heterocycles. The minimum atomic E-state index is -0.0329. The van der Waals surface area contributed by atoms with Crippen molar-refractivity contribution < 1.29 is 14.3 Å². The van der Waals surface area contributed by atoms with E-state index < -0.39 is 0 Å². The zero-order valence-electron chi connectivity index (χ0n) is 11.4. The number of carbonyl (C=O) groups is 2. The van der Waals surface area contributed by atoms with Crippen molar-refractivity contribution in [3.63, 3.8) is 0 Å². The SMILES string of the molecule is O=C(CCNC(=O)N1CCCCC1)N1CCOCC1. The smallest absolute Gasteiger partial charge is 0.317 e. The summed E-state index contributed by atoms with van der Waals surface area (Å²) >= 11 is 0. The Labute approximate surface area is 114 Å². The Kier molecular flexibility index (Phi) is 5.44. The maximum Gasteiger partial charge on any atom is 0.317 e. The van der Waals surface area contributed by atoms with Gasteiger partial charge in [-0.1, -0.05) is 0 Å². The third-order valence-corrected chi connectivity index (χ3v) is 3.62. The van der Waals surface area contributed by atoms with E-state index in [0.29, 0.717) is 39.3 Å². The highest BCUT2D eigenvalue weighted by atomic mass is 16.5. The van der Waals surface area contributed by atoms with Gasteiger partial charge in [0.1, 0.15) is 0 Å². The molecule has 19 heavy (non-hydrogen) atoms. The number of piperidine rings is 1. The third kappa shape index (κ3) is 4.38.